The van der Waals surface area contributed by atoms with Gasteiger partial charge in [-0.25, -0.2) is 0 Å². The molecular weight excluding hydrogens is 586 g/mol. The largest absolute Gasteiger partial charge is 1.00 e. The topological polar surface area (TPSA) is 49.4 Å². The molecule has 37 heavy (non-hydrogen) atoms. The number of ether oxygens (including phenoxy) is 1. The Balaban J connectivity index is 0.0000130. The molecule has 0 radical (unpaired) electrons. The van der Waals surface area contributed by atoms with E-state index in [1.807, 2.05) is 0 Å². The molecule has 1 aromatic carbocycles. The maximum absolute atomic E-state index is 13.6. The maximum atomic E-state index is 13.6. The van der Waals surface area contributed by atoms with E-state index in [-0.39, 0.29) is 41.7 Å². The van der Waals surface area contributed by atoms with E-state index >= 15 is 0 Å². The van der Waals surface area contributed by atoms with Gasteiger partial charge < -0.3 is 14.6 Å². The Hall–Kier alpha value is -1.96. The Labute approximate surface area is 214 Å². The molecule has 0 aliphatic carbocycles. The number of carbonyl (C=O) groups excluding carboxylic acids is 1. The molecule has 0 heterocycles. The minimum absolute atomic E-state index is 0. The van der Waals surface area contributed by atoms with Crippen molar-refractivity contribution in [2.45, 2.75) is 41.7 Å². The van der Waals surface area contributed by atoms with Crippen LogP contribution in [0.2, 0.25) is 0 Å². The molecule has 206 valence electrons. The van der Waals surface area contributed by atoms with Gasteiger partial charge in [0.25, 0.3) is 0 Å². The van der Waals surface area contributed by atoms with Crippen molar-refractivity contribution in [1.82, 2.24) is 0 Å². The second-order valence-electron chi connectivity index (χ2n) is 6.45. The third-order valence-corrected chi connectivity index (χ3v) is 4.07. The molecule has 0 spiro atoms. The fourth-order valence-corrected chi connectivity index (χ4v) is 2.04. The van der Waals surface area contributed by atoms with Gasteiger partial charge in [0.1, 0.15) is 5.75 Å². The van der Waals surface area contributed by atoms with Crippen molar-refractivity contribution in [3.05, 3.63) is 41.7 Å². The summed E-state index contributed by atoms with van der Waals surface area (Å²) in [7, 11) is 0. The minimum atomic E-state index is -8.68. The number of carboxylic acid groups (broad SMARTS) is 1. The average Bonchev–Trinajstić information content (AvgIpc) is 2.71. The minimum Gasteiger partial charge on any atom is -0.545 e. The molecule has 0 fully saturated rings. The molecule has 0 saturated carbocycles. The van der Waals surface area contributed by atoms with E-state index in [1.54, 1.807) is 0 Å². The van der Waals surface area contributed by atoms with Gasteiger partial charge in [-0.2, -0.15) is 74.6 Å². The predicted octanol–water partition coefficient (Wildman–Crippen LogP) is 2.92. The zero-order valence-corrected chi connectivity index (χ0v) is 19.0. The van der Waals surface area contributed by atoms with Crippen LogP contribution in [0.3, 0.4) is 0 Å². The van der Waals surface area contributed by atoms with Crippen LogP contribution in [0.4, 0.5) is 74.6 Å². The van der Waals surface area contributed by atoms with Crippen molar-refractivity contribution in [2.24, 2.45) is 0 Å². The van der Waals surface area contributed by atoms with E-state index in [4.69, 9.17) is 0 Å². The molecule has 1 aromatic rings. The summed E-state index contributed by atoms with van der Waals surface area (Å²) in [6.45, 7) is 0. The van der Waals surface area contributed by atoms with Gasteiger partial charge in [-0.05, 0) is 29.8 Å². The second kappa shape index (κ2) is 10.3. The van der Waals surface area contributed by atoms with Crippen LogP contribution in [0.5, 0.6) is 5.75 Å². The van der Waals surface area contributed by atoms with Gasteiger partial charge in [0.05, 0.1) is 5.97 Å². The average molecular weight is 590 g/mol. The van der Waals surface area contributed by atoms with Crippen LogP contribution in [-0.2, 0) is 0 Å². The molecule has 0 aliphatic rings. The first-order valence-corrected chi connectivity index (χ1v) is 8.10. The fourth-order valence-electron chi connectivity index (χ4n) is 2.04. The summed E-state index contributed by atoms with van der Waals surface area (Å²) in [5.41, 5.74) is -0.734. The number of hydrogen-bond donors (Lipinski definition) is 0. The quantitative estimate of drug-likeness (QED) is 0.253. The molecule has 0 aromatic heterocycles. The number of hydrogen-bond acceptors (Lipinski definition) is 3. The number of benzene rings is 1. The fraction of sp³-hybridized carbons (Fsp3) is 0.438. The maximum Gasteiger partial charge on any atom is 1.00 e. The van der Waals surface area contributed by atoms with Crippen molar-refractivity contribution in [3.63, 3.8) is 0 Å². The van der Waals surface area contributed by atoms with E-state index in [2.05, 4.69) is 4.74 Å². The molecule has 0 saturated heterocycles. The molecule has 0 bridgehead atoms. The van der Waals surface area contributed by atoms with E-state index in [1.165, 1.54) is 0 Å². The van der Waals surface area contributed by atoms with Crippen molar-refractivity contribution in [2.75, 3.05) is 0 Å². The second-order valence-corrected chi connectivity index (χ2v) is 6.45. The zero-order chi connectivity index (χ0) is 28.9. The van der Waals surface area contributed by atoms with Crippen molar-refractivity contribution in [1.29, 1.82) is 0 Å². The summed E-state index contributed by atoms with van der Waals surface area (Å²) in [6.07, 6.45) is -7.81. The Morgan fingerprint density at radius 2 is 0.973 bits per heavy atom. The summed E-state index contributed by atoms with van der Waals surface area (Å²) in [5, 5.41) is 10.5. The number of carbonyl (C=O) groups is 1. The molecule has 21 heteroatoms. The normalized spacial score (nSPS) is 15.1. The van der Waals surface area contributed by atoms with Crippen LogP contribution in [0, 0.1) is 0 Å². The third kappa shape index (κ3) is 5.45. The number of allylic oxidation sites excluding steroid dienone is 1. The summed E-state index contributed by atoms with van der Waals surface area (Å²) in [6, 6.07) is -2.21. The van der Waals surface area contributed by atoms with Crippen LogP contribution < -0.4 is 39.4 Å². The third-order valence-electron chi connectivity index (χ3n) is 4.07. The number of aromatic carboxylic acids is 1. The van der Waals surface area contributed by atoms with Gasteiger partial charge >= 0.3 is 77.3 Å². The van der Waals surface area contributed by atoms with E-state index in [9.17, 15) is 84.5 Å². The molecule has 0 atom stereocenters. The first-order chi connectivity index (χ1) is 15.7. The summed E-state index contributed by atoms with van der Waals surface area (Å²) in [5.74, 6) is -57.7. The first-order valence-electron chi connectivity index (χ1n) is 8.10. The van der Waals surface area contributed by atoms with Gasteiger partial charge in [0, 0.05) is 0 Å². The Kier molecular flexibility index (Phi) is 9.76. The predicted molar refractivity (Wildman–Crippen MR) is 76.4 cm³/mol. The summed E-state index contributed by atoms with van der Waals surface area (Å²) in [4.78, 5) is 10.5. The van der Waals surface area contributed by atoms with Crippen molar-refractivity contribution in [3.8, 4) is 5.75 Å². The SMILES string of the molecule is O=C([O-])c1ccc(OC(F)=C(F)C(F)(F)C(F)(F)C(F)(F)C(F)(F)C(F)(F)C(F)(F)C(F)(F)F)cc1.[Na+]. The van der Waals surface area contributed by atoms with E-state index in [0.29, 0.717) is 12.1 Å². The van der Waals surface area contributed by atoms with Crippen LogP contribution >= 0.6 is 0 Å². The number of halogens is 17. The van der Waals surface area contributed by atoms with Gasteiger partial charge in [0.15, 0.2) is 0 Å². The molecule has 0 amide bonds. The number of rotatable bonds is 9. The molecule has 3 nitrogen and oxygen atoms in total. The van der Waals surface area contributed by atoms with Crippen LogP contribution in [0.1, 0.15) is 10.4 Å². The van der Waals surface area contributed by atoms with Crippen molar-refractivity contribution < 1.29 is 119 Å². The van der Waals surface area contributed by atoms with Crippen LogP contribution in [0.15, 0.2) is 36.1 Å². The number of alkyl halides is 15. The van der Waals surface area contributed by atoms with Crippen molar-refractivity contribution >= 4 is 5.97 Å². The van der Waals surface area contributed by atoms with E-state index < -0.39 is 70.8 Å². The number of carboxylic acids is 1. The Morgan fingerprint density at radius 3 is 1.32 bits per heavy atom. The molecule has 0 N–H and O–H groups in total. The Bertz CT molecular complexity index is 1010. The molecule has 0 aliphatic heterocycles. The smallest absolute Gasteiger partial charge is 0.545 e. The monoisotopic (exact) mass is 590 g/mol. The van der Waals surface area contributed by atoms with Gasteiger partial charge in [-0.15, -0.1) is 0 Å². The van der Waals surface area contributed by atoms with Gasteiger partial charge in [0.2, 0.25) is 5.83 Å². The van der Waals surface area contributed by atoms with Crippen LogP contribution in [0.25, 0.3) is 0 Å². The van der Waals surface area contributed by atoms with Gasteiger partial charge in [-0.1, -0.05) is 0 Å². The molecule has 1 rings (SSSR count). The van der Waals surface area contributed by atoms with E-state index in [0.717, 1.165) is 0 Å². The van der Waals surface area contributed by atoms with Gasteiger partial charge in [-0.3, -0.25) is 0 Å². The zero-order valence-electron chi connectivity index (χ0n) is 17.0. The molecular formula is C16H4F17NaO3. The molecule has 0 unspecified atom stereocenters. The van der Waals surface area contributed by atoms with Crippen LogP contribution in [-0.4, -0.2) is 47.7 Å². The summed E-state index contributed by atoms with van der Waals surface area (Å²) < 4.78 is 226. The standard InChI is InChI=1S/C16H5F17O3.Na/c17-7(8(18)36-6-3-1-5(2-4-6)9(34)35)10(19,20)11(21,22)12(23,24)13(25,26)14(27,28)15(29,30)16(31,32)33;/h1-4H,(H,34,35);/q;+1/p-1. The first kappa shape index (κ1) is 35.0. The Morgan fingerprint density at radius 1 is 0.622 bits per heavy atom. The summed E-state index contributed by atoms with van der Waals surface area (Å²) >= 11 is 0.